The molecule has 0 aliphatic rings. The summed E-state index contributed by atoms with van der Waals surface area (Å²) >= 11 is 0. The second-order valence-corrected chi connectivity index (χ2v) is 5.27. The first-order valence-corrected chi connectivity index (χ1v) is 6.75. The van der Waals surface area contributed by atoms with Crippen molar-refractivity contribution >= 4 is 11.4 Å². The minimum absolute atomic E-state index is 0.337. The summed E-state index contributed by atoms with van der Waals surface area (Å²) in [5.41, 5.74) is -0.0422. The smallest absolute Gasteiger partial charge is 0.258 e. The van der Waals surface area contributed by atoms with Gasteiger partial charge in [-0.05, 0) is 24.3 Å². The summed E-state index contributed by atoms with van der Waals surface area (Å²) in [7, 11) is 0. The minimum atomic E-state index is -0.644. The van der Waals surface area contributed by atoms with E-state index in [0.717, 1.165) is 25.7 Å². The Balaban J connectivity index is 2.64. The molecule has 0 saturated carbocycles. The van der Waals surface area contributed by atoms with Gasteiger partial charge in [0.15, 0.2) is 6.07 Å². The van der Waals surface area contributed by atoms with E-state index in [4.69, 9.17) is 0 Å². The zero-order chi connectivity index (χ0) is 15.1. The van der Waals surface area contributed by atoms with E-state index in [9.17, 15) is 20.2 Å². The molecule has 1 radical (unpaired) electrons. The van der Waals surface area contributed by atoms with Crippen LogP contribution in [0.1, 0.15) is 45.1 Å². The molecular weight excluding hydrogens is 260 g/mol. The van der Waals surface area contributed by atoms with E-state index < -0.39 is 9.85 Å². The van der Waals surface area contributed by atoms with Gasteiger partial charge in [0, 0.05) is 12.1 Å². The van der Waals surface area contributed by atoms with Gasteiger partial charge < -0.3 is 0 Å². The number of aryl methyl sites for hydroxylation is 1. The monoisotopic (exact) mass is 279 g/mol. The van der Waals surface area contributed by atoms with Gasteiger partial charge >= 0.3 is 0 Å². The van der Waals surface area contributed by atoms with Crippen LogP contribution < -0.4 is 0 Å². The Bertz CT molecular complexity index is 454. The lowest BCUT2D eigenvalue weighted by Crippen LogP contribution is -1.96. The number of nitro groups is 2. The molecule has 20 heavy (non-hydrogen) atoms. The normalized spacial score (nSPS) is 10.8. The predicted octanol–water partition coefficient (Wildman–Crippen LogP) is 4.06. The molecule has 0 fully saturated rings. The highest BCUT2D eigenvalue weighted by molar-refractivity contribution is 5.45. The van der Waals surface area contributed by atoms with Crippen molar-refractivity contribution in [1.29, 1.82) is 0 Å². The SMILES string of the molecule is CC(C)CCCCCc1cc([N+](=O)[O-])[c]c([N+](=O)[O-])c1. The molecule has 0 atom stereocenters. The maximum absolute atomic E-state index is 10.7. The molecule has 0 N–H and O–H groups in total. The van der Waals surface area contributed by atoms with Gasteiger partial charge in [-0.2, -0.15) is 0 Å². The number of nitrogens with zero attached hydrogens (tertiary/aromatic N) is 2. The van der Waals surface area contributed by atoms with E-state index in [1.165, 1.54) is 12.1 Å². The van der Waals surface area contributed by atoms with Crippen LogP contribution in [0.2, 0.25) is 0 Å². The Kier molecular flexibility index (Phi) is 6.09. The number of hydrogen-bond donors (Lipinski definition) is 0. The van der Waals surface area contributed by atoms with Crippen molar-refractivity contribution in [2.24, 2.45) is 5.92 Å². The molecule has 0 aliphatic carbocycles. The average molecular weight is 279 g/mol. The van der Waals surface area contributed by atoms with Crippen LogP contribution in [0.25, 0.3) is 0 Å². The van der Waals surface area contributed by atoms with E-state index in [1.54, 1.807) is 0 Å². The molecule has 6 nitrogen and oxygen atoms in total. The van der Waals surface area contributed by atoms with Crippen LogP contribution in [0.4, 0.5) is 11.4 Å². The van der Waals surface area contributed by atoms with Crippen molar-refractivity contribution in [3.63, 3.8) is 0 Å². The molecule has 1 aromatic carbocycles. The molecule has 0 aromatic heterocycles. The third kappa shape index (κ3) is 5.34. The molecule has 0 saturated heterocycles. The number of non-ortho nitro benzene ring substituents is 2. The average Bonchev–Trinajstić information content (AvgIpc) is 2.37. The quantitative estimate of drug-likeness (QED) is 0.408. The third-order valence-electron chi connectivity index (χ3n) is 3.04. The van der Waals surface area contributed by atoms with Crippen LogP contribution in [0.5, 0.6) is 0 Å². The lowest BCUT2D eigenvalue weighted by atomic mass is 10.0. The van der Waals surface area contributed by atoms with Gasteiger partial charge in [0.1, 0.15) is 0 Å². The van der Waals surface area contributed by atoms with Gasteiger partial charge in [0.2, 0.25) is 0 Å². The first-order chi connectivity index (χ1) is 9.40. The molecule has 6 heteroatoms. The van der Waals surface area contributed by atoms with Gasteiger partial charge in [-0.3, -0.25) is 20.2 Å². The summed E-state index contributed by atoms with van der Waals surface area (Å²) in [5, 5.41) is 21.5. The molecule has 0 spiro atoms. The standard InChI is InChI=1S/C14H19N2O4/c1-11(2)6-4-3-5-7-12-8-13(15(17)18)10-14(9-12)16(19)20/h8-9,11H,3-7H2,1-2H3. The Morgan fingerprint density at radius 2 is 1.60 bits per heavy atom. The third-order valence-corrected chi connectivity index (χ3v) is 3.04. The highest BCUT2D eigenvalue weighted by Crippen LogP contribution is 2.23. The van der Waals surface area contributed by atoms with Crippen molar-refractivity contribution in [2.45, 2.75) is 46.0 Å². The predicted molar refractivity (Wildman–Crippen MR) is 75.6 cm³/mol. The fourth-order valence-corrected chi connectivity index (χ4v) is 2.00. The Morgan fingerprint density at radius 3 is 2.05 bits per heavy atom. The number of nitro benzene ring substituents is 2. The largest absolute Gasteiger partial charge is 0.284 e. The Labute approximate surface area is 118 Å². The topological polar surface area (TPSA) is 86.3 Å². The second-order valence-electron chi connectivity index (χ2n) is 5.27. The van der Waals surface area contributed by atoms with Crippen LogP contribution in [-0.4, -0.2) is 9.85 Å². The maximum atomic E-state index is 10.7. The van der Waals surface area contributed by atoms with Crippen LogP contribution in [0.15, 0.2) is 12.1 Å². The summed E-state index contributed by atoms with van der Waals surface area (Å²) in [6.45, 7) is 4.33. The van der Waals surface area contributed by atoms with Gasteiger partial charge in [-0.1, -0.05) is 33.1 Å². The van der Waals surface area contributed by atoms with E-state index in [-0.39, 0.29) is 11.4 Å². The summed E-state index contributed by atoms with van der Waals surface area (Å²) < 4.78 is 0. The lowest BCUT2D eigenvalue weighted by Gasteiger charge is -2.04. The zero-order valence-corrected chi connectivity index (χ0v) is 11.8. The van der Waals surface area contributed by atoms with Gasteiger partial charge in [0.05, 0.1) is 9.85 Å². The van der Waals surface area contributed by atoms with E-state index in [1.807, 2.05) is 0 Å². The molecular formula is C14H19N2O4. The number of unbranched alkanes of at least 4 members (excludes halogenated alkanes) is 2. The van der Waals surface area contributed by atoms with Crippen molar-refractivity contribution in [3.05, 3.63) is 44.0 Å². The van der Waals surface area contributed by atoms with Gasteiger partial charge in [-0.25, -0.2) is 0 Å². The zero-order valence-electron chi connectivity index (χ0n) is 11.8. The summed E-state index contributed by atoms with van der Waals surface area (Å²) in [5.74, 6) is 0.670. The van der Waals surface area contributed by atoms with Crippen LogP contribution in [-0.2, 0) is 6.42 Å². The molecule has 1 aromatic rings. The van der Waals surface area contributed by atoms with Crippen LogP contribution in [0, 0.1) is 32.2 Å². The van der Waals surface area contributed by atoms with Crippen molar-refractivity contribution in [1.82, 2.24) is 0 Å². The highest BCUT2D eigenvalue weighted by Gasteiger charge is 2.16. The molecule has 0 aliphatic heterocycles. The van der Waals surface area contributed by atoms with Crippen molar-refractivity contribution in [3.8, 4) is 0 Å². The number of hydrogen-bond acceptors (Lipinski definition) is 4. The fourth-order valence-electron chi connectivity index (χ4n) is 2.00. The van der Waals surface area contributed by atoms with E-state index in [0.29, 0.717) is 17.9 Å². The van der Waals surface area contributed by atoms with E-state index >= 15 is 0 Å². The highest BCUT2D eigenvalue weighted by atomic mass is 16.6. The molecule has 1 rings (SSSR count). The molecule has 0 unspecified atom stereocenters. The first-order valence-electron chi connectivity index (χ1n) is 6.75. The van der Waals surface area contributed by atoms with Crippen LogP contribution >= 0.6 is 0 Å². The van der Waals surface area contributed by atoms with Crippen LogP contribution in [0.3, 0.4) is 0 Å². The summed E-state index contributed by atoms with van der Waals surface area (Å²) in [6, 6.07) is 4.94. The van der Waals surface area contributed by atoms with Gasteiger partial charge in [0.25, 0.3) is 11.4 Å². The maximum Gasteiger partial charge on any atom is 0.284 e. The number of rotatable bonds is 8. The molecule has 0 amide bonds. The Morgan fingerprint density at radius 1 is 1.05 bits per heavy atom. The van der Waals surface area contributed by atoms with Crippen molar-refractivity contribution < 1.29 is 9.85 Å². The van der Waals surface area contributed by atoms with Crippen molar-refractivity contribution in [2.75, 3.05) is 0 Å². The fraction of sp³-hybridized carbons (Fsp3) is 0.571. The molecule has 109 valence electrons. The molecule has 0 bridgehead atoms. The molecule has 0 heterocycles. The van der Waals surface area contributed by atoms with Gasteiger partial charge in [-0.15, -0.1) is 0 Å². The number of benzene rings is 1. The first kappa shape index (κ1) is 16.1. The summed E-state index contributed by atoms with van der Waals surface area (Å²) in [6.07, 6.45) is 4.79. The van der Waals surface area contributed by atoms with E-state index in [2.05, 4.69) is 19.9 Å². The minimum Gasteiger partial charge on any atom is -0.258 e. The summed E-state index contributed by atoms with van der Waals surface area (Å²) in [4.78, 5) is 20.2. The Hall–Kier alpha value is -1.98. The second kappa shape index (κ2) is 7.57. The lowest BCUT2D eigenvalue weighted by molar-refractivity contribution is -0.394.